The highest BCUT2D eigenvalue weighted by molar-refractivity contribution is 5.94. The molecule has 1 aliphatic rings. The number of rotatable bonds is 7. The summed E-state index contributed by atoms with van der Waals surface area (Å²) in [5, 5.41) is 2.98. The standard InChI is InChI=1S/C22H29N3O3.ClH/c1-15(22(26)24-18-9-10-20(27-2)21(11-18)28-3)25-13-17(12-23)19(14-25)16-7-5-4-6-8-16;/h4-11,15,17,19H,12-14,23H2,1-3H3,(H,24,26);1H/t15?,17-,19+;/m1./s1. The number of hydrogen-bond acceptors (Lipinski definition) is 5. The van der Waals surface area contributed by atoms with Crippen LogP contribution in [0.5, 0.6) is 11.5 Å². The van der Waals surface area contributed by atoms with Crippen LogP contribution in [0.3, 0.4) is 0 Å². The van der Waals surface area contributed by atoms with E-state index < -0.39 is 0 Å². The normalized spacial score (nSPS) is 19.9. The Labute approximate surface area is 178 Å². The van der Waals surface area contributed by atoms with Gasteiger partial charge >= 0.3 is 0 Å². The summed E-state index contributed by atoms with van der Waals surface area (Å²) in [6.07, 6.45) is 0. The van der Waals surface area contributed by atoms with Crippen LogP contribution in [0.2, 0.25) is 0 Å². The van der Waals surface area contributed by atoms with Crippen molar-refractivity contribution in [2.75, 3.05) is 39.2 Å². The summed E-state index contributed by atoms with van der Waals surface area (Å²) in [6, 6.07) is 15.5. The Bertz CT molecular complexity index is 803. The number of anilines is 1. The molecule has 1 heterocycles. The fraction of sp³-hybridized carbons (Fsp3) is 0.409. The number of hydrogen-bond donors (Lipinski definition) is 2. The molecule has 3 atom stereocenters. The first-order valence-electron chi connectivity index (χ1n) is 9.59. The molecule has 6 nitrogen and oxygen atoms in total. The van der Waals surface area contributed by atoms with Crippen LogP contribution in [0.15, 0.2) is 48.5 Å². The van der Waals surface area contributed by atoms with Gasteiger partial charge in [-0.3, -0.25) is 9.69 Å². The second-order valence-corrected chi connectivity index (χ2v) is 7.20. The van der Waals surface area contributed by atoms with E-state index in [4.69, 9.17) is 15.2 Å². The number of ether oxygens (including phenoxy) is 2. The first kappa shape index (κ1) is 23.0. The van der Waals surface area contributed by atoms with E-state index in [9.17, 15) is 4.79 Å². The minimum Gasteiger partial charge on any atom is -0.493 e. The molecular formula is C22H30ClN3O3. The molecular weight excluding hydrogens is 390 g/mol. The molecule has 1 aliphatic heterocycles. The fourth-order valence-electron chi connectivity index (χ4n) is 3.86. The number of amides is 1. The third-order valence-corrected chi connectivity index (χ3v) is 5.58. The highest BCUT2D eigenvalue weighted by Crippen LogP contribution is 2.34. The Hall–Kier alpha value is -2.28. The lowest BCUT2D eigenvalue weighted by Crippen LogP contribution is -2.41. The van der Waals surface area contributed by atoms with E-state index >= 15 is 0 Å². The molecule has 0 aliphatic carbocycles. The molecule has 0 saturated carbocycles. The van der Waals surface area contributed by atoms with E-state index in [2.05, 4.69) is 34.5 Å². The summed E-state index contributed by atoms with van der Waals surface area (Å²) in [4.78, 5) is 15.0. The number of carbonyl (C=O) groups is 1. The molecule has 3 rings (SSSR count). The van der Waals surface area contributed by atoms with E-state index in [1.807, 2.05) is 19.1 Å². The van der Waals surface area contributed by atoms with Gasteiger partial charge in [-0.2, -0.15) is 0 Å². The maximum atomic E-state index is 12.8. The van der Waals surface area contributed by atoms with Gasteiger partial charge in [-0.05, 0) is 37.1 Å². The van der Waals surface area contributed by atoms with Crippen molar-refractivity contribution in [2.24, 2.45) is 11.7 Å². The molecule has 0 spiro atoms. The molecule has 1 amide bonds. The summed E-state index contributed by atoms with van der Waals surface area (Å²) < 4.78 is 10.6. The summed E-state index contributed by atoms with van der Waals surface area (Å²) in [5.74, 6) is 1.86. The van der Waals surface area contributed by atoms with Gasteiger partial charge in [0.2, 0.25) is 5.91 Å². The maximum absolute atomic E-state index is 12.8. The molecule has 0 bridgehead atoms. The summed E-state index contributed by atoms with van der Waals surface area (Å²) in [7, 11) is 3.16. The van der Waals surface area contributed by atoms with E-state index in [0.29, 0.717) is 35.6 Å². The van der Waals surface area contributed by atoms with Crippen LogP contribution in [0, 0.1) is 5.92 Å². The van der Waals surface area contributed by atoms with E-state index in [1.165, 1.54) is 5.56 Å². The summed E-state index contributed by atoms with van der Waals surface area (Å²) >= 11 is 0. The zero-order valence-corrected chi connectivity index (χ0v) is 17.9. The minimum atomic E-state index is -0.254. The number of nitrogens with two attached hydrogens (primary N) is 1. The van der Waals surface area contributed by atoms with Gasteiger partial charge in [-0.15, -0.1) is 12.4 Å². The van der Waals surface area contributed by atoms with Gasteiger partial charge in [-0.25, -0.2) is 0 Å². The van der Waals surface area contributed by atoms with Crippen LogP contribution in [-0.2, 0) is 4.79 Å². The molecule has 158 valence electrons. The van der Waals surface area contributed by atoms with E-state index in [1.54, 1.807) is 26.4 Å². The average molecular weight is 420 g/mol. The van der Waals surface area contributed by atoms with Crippen molar-refractivity contribution in [3.05, 3.63) is 54.1 Å². The minimum absolute atomic E-state index is 0. The van der Waals surface area contributed by atoms with Crippen LogP contribution >= 0.6 is 12.4 Å². The van der Waals surface area contributed by atoms with Gasteiger partial charge in [0.15, 0.2) is 11.5 Å². The largest absolute Gasteiger partial charge is 0.493 e. The molecule has 3 N–H and O–H groups in total. The van der Waals surface area contributed by atoms with Crippen molar-refractivity contribution in [1.82, 2.24) is 4.90 Å². The van der Waals surface area contributed by atoms with Crippen LogP contribution in [-0.4, -0.2) is 50.7 Å². The zero-order chi connectivity index (χ0) is 20.1. The Morgan fingerprint density at radius 2 is 1.83 bits per heavy atom. The van der Waals surface area contributed by atoms with Crippen molar-refractivity contribution in [2.45, 2.75) is 18.9 Å². The predicted octanol–water partition coefficient (Wildman–Crippen LogP) is 3.13. The van der Waals surface area contributed by atoms with Gasteiger partial charge in [0.1, 0.15) is 0 Å². The first-order chi connectivity index (χ1) is 13.6. The molecule has 1 saturated heterocycles. The molecule has 2 aromatic rings. The summed E-state index contributed by atoms with van der Waals surface area (Å²) in [6.45, 7) is 4.19. The molecule has 7 heteroatoms. The second-order valence-electron chi connectivity index (χ2n) is 7.20. The predicted molar refractivity (Wildman–Crippen MR) is 118 cm³/mol. The quantitative estimate of drug-likeness (QED) is 0.721. The van der Waals surface area contributed by atoms with E-state index in [-0.39, 0.29) is 24.4 Å². The fourth-order valence-corrected chi connectivity index (χ4v) is 3.86. The van der Waals surface area contributed by atoms with Crippen LogP contribution in [0.25, 0.3) is 0 Å². The van der Waals surface area contributed by atoms with Crippen molar-refractivity contribution in [3.8, 4) is 11.5 Å². The van der Waals surface area contributed by atoms with Gasteiger partial charge in [0.25, 0.3) is 0 Å². The number of nitrogens with zero attached hydrogens (tertiary/aromatic N) is 1. The number of benzene rings is 2. The smallest absolute Gasteiger partial charge is 0.241 e. The number of methoxy groups -OCH3 is 2. The number of carbonyl (C=O) groups excluding carboxylic acids is 1. The van der Waals surface area contributed by atoms with Crippen molar-refractivity contribution in [1.29, 1.82) is 0 Å². The topological polar surface area (TPSA) is 76.8 Å². The lowest BCUT2D eigenvalue weighted by Gasteiger charge is -2.24. The number of halogens is 1. The third kappa shape index (κ3) is 5.21. The van der Waals surface area contributed by atoms with Crippen molar-refractivity contribution in [3.63, 3.8) is 0 Å². The number of likely N-dealkylation sites (tertiary alicyclic amines) is 1. The Kier molecular flexibility index (Phi) is 8.32. The molecule has 0 aromatic heterocycles. The SMILES string of the molecule is COc1ccc(NC(=O)C(C)N2C[C@@H](CN)[C@H](c3ccccc3)C2)cc1OC.Cl. The van der Waals surface area contributed by atoms with Crippen molar-refractivity contribution < 1.29 is 14.3 Å². The first-order valence-corrected chi connectivity index (χ1v) is 9.59. The molecule has 1 unspecified atom stereocenters. The molecule has 0 radical (unpaired) electrons. The van der Waals surface area contributed by atoms with Crippen molar-refractivity contribution >= 4 is 24.0 Å². The van der Waals surface area contributed by atoms with Gasteiger partial charge < -0.3 is 20.5 Å². The van der Waals surface area contributed by atoms with Crippen LogP contribution in [0.1, 0.15) is 18.4 Å². The maximum Gasteiger partial charge on any atom is 0.241 e. The molecule has 1 fully saturated rings. The lowest BCUT2D eigenvalue weighted by atomic mass is 9.89. The van der Waals surface area contributed by atoms with Gasteiger partial charge in [0.05, 0.1) is 20.3 Å². The number of nitrogens with one attached hydrogen (secondary N) is 1. The third-order valence-electron chi connectivity index (χ3n) is 5.58. The van der Waals surface area contributed by atoms with Crippen LogP contribution in [0.4, 0.5) is 5.69 Å². The van der Waals surface area contributed by atoms with Crippen LogP contribution < -0.4 is 20.5 Å². The zero-order valence-electron chi connectivity index (χ0n) is 17.1. The van der Waals surface area contributed by atoms with Gasteiger partial charge in [-0.1, -0.05) is 30.3 Å². The molecule has 2 aromatic carbocycles. The highest BCUT2D eigenvalue weighted by atomic mass is 35.5. The van der Waals surface area contributed by atoms with Gasteiger partial charge in [0, 0.05) is 30.8 Å². The Morgan fingerprint density at radius 1 is 1.14 bits per heavy atom. The van der Waals surface area contributed by atoms with E-state index in [0.717, 1.165) is 13.1 Å². The lowest BCUT2D eigenvalue weighted by molar-refractivity contribution is -0.120. The monoisotopic (exact) mass is 419 g/mol. The average Bonchev–Trinajstić information content (AvgIpc) is 3.18. The Balaban J connectivity index is 0.00000300. The molecule has 29 heavy (non-hydrogen) atoms. The second kappa shape index (κ2) is 10.5. The Morgan fingerprint density at radius 3 is 2.45 bits per heavy atom. The summed E-state index contributed by atoms with van der Waals surface area (Å²) in [5.41, 5.74) is 8.00. The highest BCUT2D eigenvalue weighted by Gasteiger charge is 2.36.